The van der Waals surface area contributed by atoms with E-state index in [2.05, 4.69) is 51.1 Å². The lowest BCUT2D eigenvalue weighted by Gasteiger charge is -2.34. The fraction of sp³-hybridized carbons (Fsp3) is 0.526. The number of hydrogen-bond donors (Lipinski definition) is 0. The van der Waals surface area contributed by atoms with Crippen molar-refractivity contribution < 1.29 is 9.53 Å². The zero-order valence-corrected chi connectivity index (χ0v) is 15.1. The Labute approximate surface area is 135 Å². The monoisotopic (exact) mass is 316 g/mol. The van der Waals surface area contributed by atoms with Gasteiger partial charge in [0.2, 0.25) is 0 Å². The fourth-order valence-corrected chi connectivity index (χ4v) is 8.15. The summed E-state index contributed by atoms with van der Waals surface area (Å²) in [7, 11) is -1.54. The van der Waals surface area contributed by atoms with E-state index >= 15 is 0 Å². The van der Waals surface area contributed by atoms with Crippen molar-refractivity contribution in [2.75, 3.05) is 13.2 Å². The molecule has 1 aromatic rings. The average Bonchev–Trinajstić information content (AvgIpc) is 3.01. The van der Waals surface area contributed by atoms with Crippen molar-refractivity contribution in [1.29, 1.82) is 0 Å². The van der Waals surface area contributed by atoms with Crippen molar-refractivity contribution in [3.8, 4) is 0 Å². The zero-order valence-electron chi connectivity index (χ0n) is 14.1. The van der Waals surface area contributed by atoms with E-state index in [1.54, 1.807) is 5.20 Å². The van der Waals surface area contributed by atoms with Crippen molar-refractivity contribution in [3.05, 3.63) is 41.5 Å². The number of carbonyl (C=O) groups is 1. The van der Waals surface area contributed by atoms with E-state index in [1.165, 1.54) is 29.3 Å². The van der Waals surface area contributed by atoms with Crippen LogP contribution in [0, 0.1) is 5.92 Å². The summed E-state index contributed by atoms with van der Waals surface area (Å²) in [6.07, 6.45) is 1.64. The molecule has 0 spiro atoms. The molecule has 0 N–H and O–H groups in total. The molecule has 1 aromatic carbocycles. The van der Waals surface area contributed by atoms with Gasteiger partial charge in [-0.15, -0.1) is 0 Å². The van der Waals surface area contributed by atoms with Gasteiger partial charge in [-0.05, 0) is 11.1 Å². The molecule has 2 rings (SSSR count). The summed E-state index contributed by atoms with van der Waals surface area (Å²) in [5.41, 5.74) is 2.77. The Kier molecular flexibility index (Phi) is 6.15. The first-order valence-corrected chi connectivity index (χ1v) is 11.1. The quantitative estimate of drug-likeness (QED) is 0.537. The number of carbonyl (C=O) groups excluding carboxylic acids is 1. The predicted octanol–water partition coefficient (Wildman–Crippen LogP) is 4.72. The minimum Gasteiger partial charge on any atom is -0.376 e. The molecule has 1 saturated heterocycles. The van der Waals surface area contributed by atoms with Crippen molar-refractivity contribution in [2.45, 2.75) is 45.3 Å². The summed E-state index contributed by atoms with van der Waals surface area (Å²) in [5, 5.41) is 1.57. The largest absolute Gasteiger partial charge is 0.376 e. The lowest BCUT2D eigenvalue weighted by Crippen LogP contribution is -2.35. The van der Waals surface area contributed by atoms with E-state index in [0.717, 1.165) is 6.29 Å². The van der Waals surface area contributed by atoms with Crippen molar-refractivity contribution >= 4 is 19.6 Å². The summed E-state index contributed by atoms with van der Waals surface area (Å²) in [4.78, 5) is 11.1. The first-order chi connectivity index (χ1) is 10.7. The van der Waals surface area contributed by atoms with Gasteiger partial charge in [0.15, 0.2) is 0 Å². The van der Waals surface area contributed by atoms with Crippen LogP contribution in [0.4, 0.5) is 0 Å². The molecule has 120 valence electrons. The lowest BCUT2D eigenvalue weighted by atomic mass is 9.97. The fourth-order valence-electron chi connectivity index (χ4n) is 3.85. The van der Waals surface area contributed by atoms with Gasteiger partial charge >= 0.3 is 0 Å². The lowest BCUT2D eigenvalue weighted by molar-refractivity contribution is -0.108. The second-order valence-electron chi connectivity index (χ2n) is 6.22. The molecule has 0 saturated carbocycles. The normalized spacial score (nSPS) is 21.0. The molecule has 1 heterocycles. The second-order valence-corrected chi connectivity index (χ2v) is 11.4. The molecule has 22 heavy (non-hydrogen) atoms. The maximum atomic E-state index is 11.1. The van der Waals surface area contributed by atoms with Gasteiger partial charge in [0.1, 0.15) is 6.29 Å². The van der Waals surface area contributed by atoms with Crippen LogP contribution in [0.25, 0.3) is 5.20 Å². The molecule has 2 nitrogen and oxygen atoms in total. The first kappa shape index (κ1) is 17.2. The number of aldehydes is 1. The number of hydrogen-bond acceptors (Lipinski definition) is 2. The summed E-state index contributed by atoms with van der Waals surface area (Å²) in [6, 6.07) is 14.6. The Morgan fingerprint density at radius 2 is 1.82 bits per heavy atom. The molecular formula is C19H28O2Si. The van der Waals surface area contributed by atoms with Crippen LogP contribution in [0.1, 0.15) is 32.8 Å². The smallest absolute Gasteiger partial charge is 0.120 e. The highest BCUT2D eigenvalue weighted by Crippen LogP contribution is 2.41. The maximum absolute atomic E-state index is 11.1. The third kappa shape index (κ3) is 3.25. The SMILES string of the molecule is CC[Si](CC)(CC)/C(=C1\COCC1CC=O)c1ccccc1. The van der Waals surface area contributed by atoms with E-state index in [4.69, 9.17) is 4.74 Å². The van der Waals surface area contributed by atoms with Gasteiger partial charge in [-0.3, -0.25) is 0 Å². The van der Waals surface area contributed by atoms with Crippen LogP contribution < -0.4 is 0 Å². The summed E-state index contributed by atoms with van der Waals surface area (Å²) in [5.74, 6) is 0.282. The molecule has 0 aliphatic carbocycles. The molecule has 1 fully saturated rings. The van der Waals surface area contributed by atoms with Crippen LogP contribution in [0.2, 0.25) is 18.1 Å². The molecule has 1 unspecified atom stereocenters. The van der Waals surface area contributed by atoms with Crippen molar-refractivity contribution in [2.24, 2.45) is 5.92 Å². The van der Waals surface area contributed by atoms with Crippen molar-refractivity contribution in [1.82, 2.24) is 0 Å². The van der Waals surface area contributed by atoms with Gasteiger partial charge in [0, 0.05) is 12.3 Å². The molecule has 3 heteroatoms. The van der Waals surface area contributed by atoms with Crippen LogP contribution in [-0.2, 0) is 9.53 Å². The Morgan fingerprint density at radius 3 is 2.36 bits per heavy atom. The standard InChI is InChI=1S/C19H28O2Si/c1-4-22(5-2,6-3)19(16-10-8-7-9-11-16)18-15-21-14-17(18)12-13-20/h7-11,13,17H,4-6,12,14-15H2,1-3H3/b19-18+. The zero-order chi connectivity index (χ0) is 16.0. The molecular weight excluding hydrogens is 288 g/mol. The molecule has 0 radical (unpaired) electrons. The highest BCUT2D eigenvalue weighted by atomic mass is 28.3. The molecule has 1 aliphatic rings. The molecule has 0 bridgehead atoms. The third-order valence-electron chi connectivity index (χ3n) is 5.39. The van der Waals surface area contributed by atoms with E-state index in [9.17, 15) is 4.79 Å². The number of benzene rings is 1. The third-order valence-corrected chi connectivity index (χ3v) is 11.1. The van der Waals surface area contributed by atoms with Gasteiger partial charge in [-0.1, -0.05) is 74.4 Å². The van der Waals surface area contributed by atoms with Crippen LogP contribution in [0.5, 0.6) is 0 Å². The van der Waals surface area contributed by atoms with Crippen LogP contribution in [-0.4, -0.2) is 27.6 Å². The topological polar surface area (TPSA) is 26.3 Å². The molecule has 0 amide bonds. The Bertz CT molecular complexity index is 509. The van der Waals surface area contributed by atoms with Crippen LogP contribution in [0.15, 0.2) is 35.9 Å². The summed E-state index contributed by atoms with van der Waals surface area (Å²) >= 11 is 0. The van der Waals surface area contributed by atoms with Gasteiger partial charge < -0.3 is 9.53 Å². The van der Waals surface area contributed by atoms with E-state index in [0.29, 0.717) is 19.6 Å². The first-order valence-electron chi connectivity index (χ1n) is 8.52. The Hall–Kier alpha value is -1.19. The van der Waals surface area contributed by atoms with E-state index in [-0.39, 0.29) is 5.92 Å². The van der Waals surface area contributed by atoms with Crippen LogP contribution in [0.3, 0.4) is 0 Å². The number of rotatable bonds is 7. The van der Waals surface area contributed by atoms with Gasteiger partial charge in [0.05, 0.1) is 21.3 Å². The van der Waals surface area contributed by atoms with E-state index < -0.39 is 8.07 Å². The minimum absolute atomic E-state index is 0.282. The van der Waals surface area contributed by atoms with Crippen molar-refractivity contribution in [3.63, 3.8) is 0 Å². The minimum atomic E-state index is -1.54. The second kappa shape index (κ2) is 7.89. The Balaban J connectivity index is 2.62. The van der Waals surface area contributed by atoms with Gasteiger partial charge in [-0.25, -0.2) is 0 Å². The van der Waals surface area contributed by atoms with Gasteiger partial charge in [-0.2, -0.15) is 0 Å². The highest BCUT2D eigenvalue weighted by Gasteiger charge is 2.37. The maximum Gasteiger partial charge on any atom is 0.120 e. The summed E-state index contributed by atoms with van der Waals surface area (Å²) < 4.78 is 5.76. The molecule has 1 atom stereocenters. The Morgan fingerprint density at radius 1 is 1.18 bits per heavy atom. The molecule has 1 aliphatic heterocycles. The summed E-state index contributed by atoms with van der Waals surface area (Å²) in [6.45, 7) is 8.43. The highest BCUT2D eigenvalue weighted by molar-refractivity contribution is 6.96. The average molecular weight is 317 g/mol. The predicted molar refractivity (Wildman–Crippen MR) is 95.5 cm³/mol. The number of ether oxygens (including phenoxy) is 1. The van der Waals surface area contributed by atoms with E-state index in [1.807, 2.05) is 0 Å². The van der Waals surface area contributed by atoms with Gasteiger partial charge in [0.25, 0.3) is 0 Å². The van der Waals surface area contributed by atoms with Crippen LogP contribution >= 0.6 is 0 Å². The molecule has 0 aromatic heterocycles.